The van der Waals surface area contributed by atoms with Crippen LogP contribution in [0, 0.1) is 6.92 Å². The molecule has 5 heteroatoms. The zero-order chi connectivity index (χ0) is 20.0. The summed E-state index contributed by atoms with van der Waals surface area (Å²) in [6.45, 7) is 5.28. The van der Waals surface area contributed by atoms with Gasteiger partial charge in [-0.25, -0.2) is 4.98 Å². The van der Waals surface area contributed by atoms with Gasteiger partial charge in [0, 0.05) is 22.7 Å². The maximum absolute atomic E-state index is 6.38. The third-order valence-electron chi connectivity index (χ3n) is 5.70. The largest absolute Gasteiger partial charge is 0.325 e. The van der Waals surface area contributed by atoms with Gasteiger partial charge in [-0.05, 0) is 60.5 Å². The molecule has 3 nitrogen and oxygen atoms in total. The van der Waals surface area contributed by atoms with Crippen LogP contribution in [0.25, 0.3) is 21.3 Å². The normalized spacial score (nSPS) is 13.7. The van der Waals surface area contributed by atoms with E-state index >= 15 is 0 Å². The van der Waals surface area contributed by atoms with Crippen LogP contribution < -0.4 is 4.90 Å². The van der Waals surface area contributed by atoms with E-state index in [0.717, 1.165) is 41.8 Å². The van der Waals surface area contributed by atoms with Crippen LogP contribution in [0.4, 0.5) is 11.5 Å². The number of hydrogen-bond acceptors (Lipinski definition) is 4. The maximum Gasteiger partial charge on any atom is 0.225 e. The average Bonchev–Trinajstić information content (AvgIpc) is 3.08. The summed E-state index contributed by atoms with van der Waals surface area (Å²) in [5.41, 5.74) is 6.37. The third kappa shape index (κ3) is 3.21. The van der Waals surface area contributed by atoms with Gasteiger partial charge in [-0.1, -0.05) is 49.4 Å². The predicted molar refractivity (Wildman–Crippen MR) is 124 cm³/mol. The van der Waals surface area contributed by atoms with Gasteiger partial charge in [-0.2, -0.15) is 4.98 Å². The molecular formula is C24H22ClN3S. The minimum absolute atomic E-state index is 0.310. The number of nitrogens with zero attached hydrogens (tertiary/aromatic N) is 3. The van der Waals surface area contributed by atoms with Gasteiger partial charge in [0.2, 0.25) is 5.28 Å². The molecule has 0 aliphatic carbocycles. The number of rotatable bonds is 3. The molecule has 0 spiro atoms. The molecule has 3 heterocycles. The number of benzene rings is 2. The van der Waals surface area contributed by atoms with Crippen molar-refractivity contribution >= 4 is 44.7 Å². The zero-order valence-electron chi connectivity index (χ0n) is 16.6. The van der Waals surface area contributed by atoms with Gasteiger partial charge in [0.15, 0.2) is 0 Å². The average molecular weight is 420 g/mol. The van der Waals surface area contributed by atoms with Crippen LogP contribution in [0.15, 0.2) is 48.5 Å². The van der Waals surface area contributed by atoms with E-state index in [1.54, 1.807) is 11.3 Å². The Morgan fingerprint density at radius 2 is 1.86 bits per heavy atom. The predicted octanol–water partition coefficient (Wildman–Crippen LogP) is 6.97. The molecule has 0 bridgehead atoms. The number of halogens is 1. The third-order valence-corrected chi connectivity index (χ3v) is 6.87. The summed E-state index contributed by atoms with van der Waals surface area (Å²) < 4.78 is 0. The Bertz CT molecular complexity index is 1200. The van der Waals surface area contributed by atoms with E-state index in [-0.39, 0.29) is 0 Å². The van der Waals surface area contributed by atoms with Crippen LogP contribution in [-0.4, -0.2) is 16.5 Å². The van der Waals surface area contributed by atoms with Crippen LogP contribution in [0.5, 0.6) is 0 Å². The molecule has 0 saturated heterocycles. The molecule has 0 saturated carbocycles. The van der Waals surface area contributed by atoms with Crippen molar-refractivity contribution in [1.29, 1.82) is 0 Å². The first kappa shape index (κ1) is 18.6. The second-order valence-corrected chi connectivity index (χ2v) is 9.01. The van der Waals surface area contributed by atoms with Crippen LogP contribution in [-0.2, 0) is 12.8 Å². The summed E-state index contributed by atoms with van der Waals surface area (Å²) in [6, 6.07) is 17.5. The standard InChI is InChI=1S/C24H22ClN3S/c1-3-16-10-12-18(13-11-16)20-15(2)29-23-21(20)22(26-24(25)27-23)28-14-6-8-17-7-4-5-9-19(17)28/h4-5,7,9-13H,3,6,8,14H2,1-2H3. The molecule has 1 aliphatic heterocycles. The summed E-state index contributed by atoms with van der Waals surface area (Å²) in [5, 5.41) is 1.42. The van der Waals surface area contributed by atoms with Crippen molar-refractivity contribution in [3.63, 3.8) is 0 Å². The molecular weight excluding hydrogens is 398 g/mol. The van der Waals surface area contributed by atoms with E-state index in [0.29, 0.717) is 5.28 Å². The number of fused-ring (bicyclic) bond motifs is 2. The quantitative estimate of drug-likeness (QED) is 0.336. The number of para-hydroxylation sites is 1. The van der Waals surface area contributed by atoms with Gasteiger partial charge in [-0.15, -0.1) is 11.3 Å². The van der Waals surface area contributed by atoms with Gasteiger partial charge in [-0.3, -0.25) is 0 Å². The molecule has 29 heavy (non-hydrogen) atoms. The van der Waals surface area contributed by atoms with Gasteiger partial charge < -0.3 is 4.90 Å². The molecule has 0 N–H and O–H groups in total. The summed E-state index contributed by atoms with van der Waals surface area (Å²) in [6.07, 6.45) is 3.24. The molecule has 2 aromatic heterocycles. The zero-order valence-corrected chi connectivity index (χ0v) is 18.1. The Morgan fingerprint density at radius 1 is 1.07 bits per heavy atom. The van der Waals surface area contributed by atoms with Crippen molar-refractivity contribution in [2.24, 2.45) is 0 Å². The Labute approximate surface area is 180 Å². The van der Waals surface area contributed by atoms with Crippen LogP contribution in [0.2, 0.25) is 5.28 Å². The number of aryl methyl sites for hydroxylation is 3. The summed E-state index contributed by atoms with van der Waals surface area (Å²) >= 11 is 8.07. The highest BCUT2D eigenvalue weighted by Gasteiger charge is 2.25. The molecule has 0 radical (unpaired) electrons. The number of aromatic nitrogens is 2. The summed E-state index contributed by atoms with van der Waals surface area (Å²) in [5.74, 6) is 0.922. The fourth-order valence-corrected chi connectivity index (χ4v) is 5.53. The van der Waals surface area contributed by atoms with E-state index in [1.807, 2.05) is 0 Å². The molecule has 5 rings (SSSR count). The molecule has 4 aromatic rings. The smallest absolute Gasteiger partial charge is 0.225 e. The topological polar surface area (TPSA) is 29.0 Å². The van der Waals surface area contributed by atoms with Crippen molar-refractivity contribution in [3.8, 4) is 11.1 Å². The number of anilines is 2. The SMILES string of the molecule is CCc1ccc(-c2c(C)sc3nc(Cl)nc(N4CCCc5ccccc54)c23)cc1. The van der Waals surface area contributed by atoms with Crippen molar-refractivity contribution in [1.82, 2.24) is 9.97 Å². The Morgan fingerprint density at radius 3 is 2.66 bits per heavy atom. The Kier molecular flexibility index (Phi) is 4.76. The lowest BCUT2D eigenvalue weighted by molar-refractivity contribution is 0.761. The van der Waals surface area contributed by atoms with E-state index in [2.05, 4.69) is 72.3 Å². The first-order chi connectivity index (χ1) is 14.2. The molecule has 146 valence electrons. The first-order valence-electron chi connectivity index (χ1n) is 10.1. The Balaban J connectivity index is 1.76. The second kappa shape index (κ2) is 7.43. The molecule has 0 atom stereocenters. The summed E-state index contributed by atoms with van der Waals surface area (Å²) in [4.78, 5) is 13.8. The van der Waals surface area contributed by atoms with Crippen molar-refractivity contribution in [2.45, 2.75) is 33.1 Å². The monoisotopic (exact) mass is 419 g/mol. The van der Waals surface area contributed by atoms with Crippen LogP contribution in [0.3, 0.4) is 0 Å². The van der Waals surface area contributed by atoms with E-state index in [4.69, 9.17) is 16.6 Å². The Hall–Kier alpha value is -2.43. The van der Waals surface area contributed by atoms with E-state index in [1.165, 1.54) is 32.8 Å². The minimum atomic E-state index is 0.310. The highest BCUT2D eigenvalue weighted by molar-refractivity contribution is 7.19. The number of hydrogen-bond donors (Lipinski definition) is 0. The first-order valence-corrected chi connectivity index (χ1v) is 11.3. The fraction of sp³-hybridized carbons (Fsp3) is 0.250. The van der Waals surface area contributed by atoms with Crippen LogP contribution >= 0.6 is 22.9 Å². The maximum atomic E-state index is 6.38. The molecule has 0 unspecified atom stereocenters. The van der Waals surface area contributed by atoms with Crippen LogP contribution in [0.1, 0.15) is 29.3 Å². The number of thiophene rings is 1. The lowest BCUT2D eigenvalue weighted by atomic mass is 9.99. The van der Waals surface area contributed by atoms with Crippen molar-refractivity contribution < 1.29 is 0 Å². The minimum Gasteiger partial charge on any atom is -0.325 e. The molecule has 2 aromatic carbocycles. The van der Waals surface area contributed by atoms with E-state index < -0.39 is 0 Å². The van der Waals surface area contributed by atoms with Crippen molar-refractivity contribution in [3.05, 3.63) is 69.8 Å². The van der Waals surface area contributed by atoms with Gasteiger partial charge >= 0.3 is 0 Å². The molecule has 0 amide bonds. The van der Waals surface area contributed by atoms with E-state index in [9.17, 15) is 0 Å². The lowest BCUT2D eigenvalue weighted by Crippen LogP contribution is -2.25. The van der Waals surface area contributed by atoms with Crippen molar-refractivity contribution in [2.75, 3.05) is 11.4 Å². The fourth-order valence-electron chi connectivity index (χ4n) is 4.27. The summed E-state index contributed by atoms with van der Waals surface area (Å²) in [7, 11) is 0. The second-order valence-electron chi connectivity index (χ2n) is 7.46. The van der Waals surface area contributed by atoms with Gasteiger partial charge in [0.1, 0.15) is 10.6 Å². The lowest BCUT2D eigenvalue weighted by Gasteiger charge is -2.31. The van der Waals surface area contributed by atoms with Gasteiger partial charge in [0.25, 0.3) is 0 Å². The highest BCUT2D eigenvalue weighted by atomic mass is 35.5. The van der Waals surface area contributed by atoms with Gasteiger partial charge in [0.05, 0.1) is 5.39 Å². The highest BCUT2D eigenvalue weighted by Crippen LogP contribution is 2.45. The molecule has 1 aliphatic rings. The molecule has 0 fully saturated rings.